The Kier molecular flexibility index (Phi) is 6.68. The van der Waals surface area contributed by atoms with Crippen LogP contribution in [0.15, 0.2) is 52.1 Å². The Bertz CT molecular complexity index is 1200. The molecule has 0 aliphatic carbocycles. The van der Waals surface area contributed by atoms with E-state index < -0.39 is 0 Å². The van der Waals surface area contributed by atoms with Crippen LogP contribution in [0.3, 0.4) is 0 Å². The molecule has 0 bridgehead atoms. The smallest absolute Gasteiger partial charge is 0.175 e. The summed E-state index contributed by atoms with van der Waals surface area (Å²) in [5.41, 5.74) is 8.87. The van der Waals surface area contributed by atoms with Gasteiger partial charge < -0.3 is 20.4 Å². The first-order chi connectivity index (χ1) is 15.4. The van der Waals surface area contributed by atoms with E-state index in [0.29, 0.717) is 11.3 Å². The van der Waals surface area contributed by atoms with Crippen molar-refractivity contribution in [3.8, 4) is 16.2 Å². The van der Waals surface area contributed by atoms with Crippen molar-refractivity contribution in [1.29, 1.82) is 0 Å². The Hall–Kier alpha value is -2.62. The molecule has 3 aromatic heterocycles. The first-order valence-electron chi connectivity index (χ1n) is 10.4. The molecule has 0 unspecified atom stereocenters. The molecule has 7 nitrogen and oxygen atoms in total. The number of nitrogens with two attached hydrogens (primary N) is 1. The van der Waals surface area contributed by atoms with Crippen LogP contribution in [-0.2, 0) is 6.54 Å². The van der Waals surface area contributed by atoms with Crippen molar-refractivity contribution in [2.45, 2.75) is 37.4 Å². The number of methoxy groups -OCH3 is 1. The van der Waals surface area contributed by atoms with Gasteiger partial charge in [0.1, 0.15) is 12.1 Å². The molecule has 0 aliphatic heterocycles. The second-order valence-corrected chi connectivity index (χ2v) is 10.6. The standard InChI is InChI=1S/C23H28N6OS2/c1-23(2,3)13-25-9-10-29-21-19(20(24)26-14-27-21)28-22(29)32-18-12-15(30-4)7-8-16(18)17-6-5-11-31-17/h5-8,11-12,14,25H,9-10,13H2,1-4H3,(H2,24,26,27). The number of hydrogen-bond donors (Lipinski definition) is 2. The number of nitrogen functional groups attached to an aromatic ring is 1. The summed E-state index contributed by atoms with van der Waals surface area (Å²) < 4.78 is 7.61. The lowest BCUT2D eigenvalue weighted by atomic mass is 9.97. The van der Waals surface area contributed by atoms with Gasteiger partial charge in [-0.1, -0.05) is 38.6 Å². The van der Waals surface area contributed by atoms with Crippen molar-refractivity contribution < 1.29 is 4.74 Å². The van der Waals surface area contributed by atoms with E-state index in [-0.39, 0.29) is 5.41 Å². The molecule has 0 radical (unpaired) electrons. The van der Waals surface area contributed by atoms with E-state index in [2.05, 4.69) is 70.3 Å². The van der Waals surface area contributed by atoms with E-state index in [0.717, 1.165) is 46.6 Å². The molecule has 3 heterocycles. The van der Waals surface area contributed by atoms with Gasteiger partial charge in [-0.05, 0) is 35.1 Å². The molecule has 0 atom stereocenters. The van der Waals surface area contributed by atoms with Crippen molar-refractivity contribution in [2.24, 2.45) is 5.41 Å². The van der Waals surface area contributed by atoms with Crippen molar-refractivity contribution in [3.63, 3.8) is 0 Å². The van der Waals surface area contributed by atoms with Crippen LogP contribution in [0.5, 0.6) is 5.75 Å². The van der Waals surface area contributed by atoms with Crippen molar-refractivity contribution in [3.05, 3.63) is 42.0 Å². The van der Waals surface area contributed by atoms with Gasteiger partial charge >= 0.3 is 0 Å². The number of anilines is 1. The van der Waals surface area contributed by atoms with E-state index in [9.17, 15) is 0 Å². The van der Waals surface area contributed by atoms with E-state index in [1.807, 2.05) is 6.07 Å². The topological polar surface area (TPSA) is 90.9 Å². The maximum Gasteiger partial charge on any atom is 0.175 e. The molecular weight excluding hydrogens is 440 g/mol. The van der Waals surface area contributed by atoms with Crippen LogP contribution < -0.4 is 15.8 Å². The Morgan fingerprint density at radius 3 is 2.78 bits per heavy atom. The Balaban J connectivity index is 1.71. The second kappa shape index (κ2) is 9.48. The van der Waals surface area contributed by atoms with Crippen molar-refractivity contribution >= 4 is 40.1 Å². The number of hydrogen-bond acceptors (Lipinski definition) is 8. The minimum absolute atomic E-state index is 0.220. The number of thiophene rings is 1. The Morgan fingerprint density at radius 2 is 2.06 bits per heavy atom. The van der Waals surface area contributed by atoms with Crippen molar-refractivity contribution in [1.82, 2.24) is 24.8 Å². The predicted octanol–water partition coefficient (Wildman–Crippen LogP) is 4.93. The third-order valence-corrected chi connectivity index (χ3v) is 6.82. The van der Waals surface area contributed by atoms with E-state index in [4.69, 9.17) is 15.5 Å². The first-order valence-corrected chi connectivity index (χ1v) is 12.1. The summed E-state index contributed by atoms with van der Waals surface area (Å²) >= 11 is 3.31. The summed E-state index contributed by atoms with van der Waals surface area (Å²) in [5, 5.41) is 6.45. The van der Waals surface area contributed by atoms with Gasteiger partial charge in [0.25, 0.3) is 0 Å². The van der Waals surface area contributed by atoms with Crippen LogP contribution in [0.4, 0.5) is 5.82 Å². The molecular formula is C23H28N6OS2. The zero-order chi connectivity index (χ0) is 22.7. The molecule has 0 spiro atoms. The highest BCUT2D eigenvalue weighted by molar-refractivity contribution is 7.99. The lowest BCUT2D eigenvalue weighted by molar-refractivity contribution is 0.375. The van der Waals surface area contributed by atoms with Crippen LogP contribution in [0.2, 0.25) is 0 Å². The highest BCUT2D eigenvalue weighted by atomic mass is 32.2. The maximum absolute atomic E-state index is 6.13. The van der Waals surface area contributed by atoms with Crippen LogP contribution in [0.1, 0.15) is 20.8 Å². The number of nitrogens with zero attached hydrogens (tertiary/aromatic N) is 4. The summed E-state index contributed by atoms with van der Waals surface area (Å²) in [6.45, 7) is 9.11. The molecule has 0 amide bonds. The highest BCUT2D eigenvalue weighted by Gasteiger charge is 2.19. The van der Waals surface area contributed by atoms with Gasteiger partial charge in [0.15, 0.2) is 22.1 Å². The number of rotatable bonds is 8. The highest BCUT2D eigenvalue weighted by Crippen LogP contribution is 2.40. The lowest BCUT2D eigenvalue weighted by Crippen LogP contribution is -2.29. The largest absolute Gasteiger partial charge is 0.497 e. The normalized spacial score (nSPS) is 11.9. The molecule has 0 fully saturated rings. The average Bonchev–Trinajstić information content (AvgIpc) is 3.40. The van der Waals surface area contributed by atoms with E-state index in [1.165, 1.54) is 11.2 Å². The molecule has 0 saturated heterocycles. The summed E-state index contributed by atoms with van der Waals surface area (Å²) in [7, 11) is 1.68. The van der Waals surface area contributed by atoms with Crippen LogP contribution >= 0.6 is 23.1 Å². The van der Waals surface area contributed by atoms with Crippen LogP contribution in [0.25, 0.3) is 21.6 Å². The second-order valence-electron chi connectivity index (χ2n) is 8.66. The van der Waals surface area contributed by atoms with Crippen molar-refractivity contribution in [2.75, 3.05) is 25.9 Å². The van der Waals surface area contributed by atoms with Crippen LogP contribution in [-0.4, -0.2) is 39.7 Å². The van der Waals surface area contributed by atoms with Gasteiger partial charge in [-0.3, -0.25) is 0 Å². The van der Waals surface area contributed by atoms with Gasteiger partial charge in [-0.15, -0.1) is 11.3 Å². The molecule has 168 valence electrons. The summed E-state index contributed by atoms with van der Waals surface area (Å²) in [5.74, 6) is 1.20. The predicted molar refractivity (Wildman–Crippen MR) is 132 cm³/mol. The minimum atomic E-state index is 0.220. The summed E-state index contributed by atoms with van der Waals surface area (Å²) in [6, 6.07) is 10.3. The molecule has 9 heteroatoms. The lowest BCUT2D eigenvalue weighted by Gasteiger charge is -2.19. The van der Waals surface area contributed by atoms with Gasteiger partial charge in [0.2, 0.25) is 0 Å². The van der Waals surface area contributed by atoms with Gasteiger partial charge in [0.05, 0.1) is 7.11 Å². The first kappa shape index (κ1) is 22.6. The summed E-state index contributed by atoms with van der Waals surface area (Å²) in [6.07, 6.45) is 1.50. The SMILES string of the molecule is COc1ccc(-c2cccs2)c(Sc2nc3c(N)ncnc3n2CCNCC(C)(C)C)c1. The number of imidazole rings is 1. The zero-order valence-corrected chi connectivity index (χ0v) is 20.4. The molecule has 3 N–H and O–H groups in total. The number of aromatic nitrogens is 4. The fourth-order valence-corrected chi connectivity index (χ4v) is 5.23. The molecule has 4 rings (SSSR count). The van der Waals surface area contributed by atoms with Gasteiger partial charge in [-0.2, -0.15) is 0 Å². The fraction of sp³-hybridized carbons (Fsp3) is 0.348. The van der Waals surface area contributed by atoms with E-state index in [1.54, 1.807) is 30.2 Å². The molecule has 0 aliphatic rings. The number of ether oxygens (including phenoxy) is 1. The Morgan fingerprint density at radius 1 is 1.22 bits per heavy atom. The number of fused-ring (bicyclic) bond motifs is 1. The third kappa shape index (κ3) is 5.06. The number of benzene rings is 1. The maximum atomic E-state index is 6.13. The van der Waals surface area contributed by atoms with Crippen LogP contribution in [0, 0.1) is 5.41 Å². The molecule has 32 heavy (non-hydrogen) atoms. The zero-order valence-electron chi connectivity index (χ0n) is 18.8. The quantitative estimate of drug-likeness (QED) is 0.354. The Labute approximate surface area is 196 Å². The minimum Gasteiger partial charge on any atom is -0.497 e. The number of nitrogens with one attached hydrogen (secondary N) is 1. The van der Waals surface area contributed by atoms with Gasteiger partial charge in [-0.25, -0.2) is 15.0 Å². The van der Waals surface area contributed by atoms with Gasteiger partial charge in [0, 0.05) is 35.0 Å². The summed E-state index contributed by atoms with van der Waals surface area (Å²) in [4.78, 5) is 15.7. The monoisotopic (exact) mass is 468 g/mol. The van der Waals surface area contributed by atoms with E-state index >= 15 is 0 Å². The average molecular weight is 469 g/mol. The fourth-order valence-electron chi connectivity index (χ4n) is 3.32. The molecule has 1 aromatic carbocycles. The molecule has 0 saturated carbocycles. The molecule has 4 aromatic rings. The third-order valence-electron chi connectivity index (χ3n) is 4.87.